The number of para-hydroxylation sites is 1. The molecule has 0 aliphatic heterocycles. The van der Waals surface area contributed by atoms with Crippen molar-refractivity contribution >= 4 is 23.2 Å². The Balaban J connectivity index is 2.05. The second kappa shape index (κ2) is 8.33. The molecule has 0 heterocycles. The fraction of sp³-hybridized carbons (Fsp3) is 0.300. The number of ether oxygens (including phenoxy) is 1. The zero-order valence-corrected chi connectivity index (χ0v) is 15.0. The quantitative estimate of drug-likeness (QED) is 0.829. The van der Waals surface area contributed by atoms with E-state index in [-0.39, 0.29) is 11.8 Å². The summed E-state index contributed by atoms with van der Waals surface area (Å²) in [5, 5.41) is 5.49. The summed E-state index contributed by atoms with van der Waals surface area (Å²) in [7, 11) is 0. The average Bonchev–Trinajstić information content (AvgIpc) is 2.54. The highest BCUT2D eigenvalue weighted by molar-refractivity contribution is 5.95. The summed E-state index contributed by atoms with van der Waals surface area (Å²) in [6.45, 7) is 7.32. The lowest BCUT2D eigenvalue weighted by Crippen LogP contribution is -2.30. The predicted molar refractivity (Wildman–Crippen MR) is 100.0 cm³/mol. The lowest BCUT2D eigenvalue weighted by Gasteiger charge is -2.19. The smallest absolute Gasteiger partial charge is 0.265 e. The van der Waals surface area contributed by atoms with E-state index in [1.165, 1.54) is 6.92 Å². The van der Waals surface area contributed by atoms with Gasteiger partial charge in [-0.3, -0.25) is 9.59 Å². The molecule has 2 rings (SSSR count). The first-order valence-corrected chi connectivity index (χ1v) is 8.31. The van der Waals surface area contributed by atoms with Gasteiger partial charge in [0.2, 0.25) is 5.91 Å². The van der Waals surface area contributed by atoms with E-state index in [0.29, 0.717) is 23.0 Å². The Morgan fingerprint density at radius 1 is 0.920 bits per heavy atom. The Morgan fingerprint density at radius 2 is 1.56 bits per heavy atom. The van der Waals surface area contributed by atoms with Gasteiger partial charge in [-0.1, -0.05) is 38.1 Å². The normalized spacial score (nSPS) is 11.7. The van der Waals surface area contributed by atoms with Crippen molar-refractivity contribution in [2.75, 3.05) is 10.6 Å². The minimum absolute atomic E-state index is 0.162. The first-order valence-electron chi connectivity index (χ1n) is 8.31. The molecule has 2 N–H and O–H groups in total. The highest BCUT2D eigenvalue weighted by Crippen LogP contribution is 2.27. The third-order valence-corrected chi connectivity index (χ3v) is 3.66. The van der Waals surface area contributed by atoms with Crippen LogP contribution in [-0.2, 0) is 9.59 Å². The van der Waals surface area contributed by atoms with Gasteiger partial charge in [-0.25, -0.2) is 0 Å². The van der Waals surface area contributed by atoms with Gasteiger partial charge in [0.1, 0.15) is 5.75 Å². The van der Waals surface area contributed by atoms with Crippen LogP contribution in [0.25, 0.3) is 0 Å². The fourth-order valence-corrected chi connectivity index (χ4v) is 2.43. The molecule has 0 unspecified atom stereocenters. The SMILES string of the molecule is CC(=O)Nc1cccc(NC(=O)[C@H](C)Oc2ccccc2C(C)C)c1. The fourth-order valence-electron chi connectivity index (χ4n) is 2.43. The van der Waals surface area contributed by atoms with Gasteiger partial charge in [0.05, 0.1) is 0 Å². The number of hydrogen-bond acceptors (Lipinski definition) is 3. The van der Waals surface area contributed by atoms with Crippen LogP contribution in [0.2, 0.25) is 0 Å². The number of nitrogens with one attached hydrogen (secondary N) is 2. The Bertz CT molecular complexity index is 756. The molecule has 1 atom stereocenters. The monoisotopic (exact) mass is 340 g/mol. The standard InChI is InChI=1S/C20H24N2O3/c1-13(2)18-10-5-6-11-19(18)25-14(3)20(24)22-17-9-7-8-16(12-17)21-15(4)23/h5-14H,1-4H3,(H,21,23)(H,22,24)/t14-/m0/s1. The van der Waals surface area contributed by atoms with Gasteiger partial charge in [0.15, 0.2) is 6.10 Å². The van der Waals surface area contributed by atoms with E-state index in [1.807, 2.05) is 24.3 Å². The second-order valence-corrected chi connectivity index (χ2v) is 6.20. The largest absolute Gasteiger partial charge is 0.481 e. The number of anilines is 2. The van der Waals surface area contributed by atoms with Gasteiger partial charge in [-0.15, -0.1) is 0 Å². The summed E-state index contributed by atoms with van der Waals surface area (Å²) in [6, 6.07) is 14.7. The summed E-state index contributed by atoms with van der Waals surface area (Å²) in [5.41, 5.74) is 2.29. The average molecular weight is 340 g/mol. The molecule has 0 saturated heterocycles. The summed E-state index contributed by atoms with van der Waals surface area (Å²) in [6.07, 6.45) is -0.649. The summed E-state index contributed by atoms with van der Waals surface area (Å²) >= 11 is 0. The molecular formula is C20H24N2O3. The maximum Gasteiger partial charge on any atom is 0.265 e. The minimum atomic E-state index is -0.649. The van der Waals surface area contributed by atoms with Crippen LogP contribution >= 0.6 is 0 Å². The van der Waals surface area contributed by atoms with Crippen LogP contribution in [0.15, 0.2) is 48.5 Å². The van der Waals surface area contributed by atoms with Crippen LogP contribution in [0.5, 0.6) is 5.75 Å². The van der Waals surface area contributed by atoms with Crippen molar-refractivity contribution in [3.05, 3.63) is 54.1 Å². The molecule has 2 aromatic rings. The third-order valence-electron chi connectivity index (χ3n) is 3.66. The lowest BCUT2D eigenvalue weighted by atomic mass is 10.0. The highest BCUT2D eigenvalue weighted by atomic mass is 16.5. The van der Waals surface area contributed by atoms with Gasteiger partial charge in [-0.05, 0) is 42.7 Å². The van der Waals surface area contributed by atoms with E-state index < -0.39 is 6.10 Å². The molecule has 0 aliphatic carbocycles. The lowest BCUT2D eigenvalue weighted by molar-refractivity contribution is -0.122. The maximum atomic E-state index is 12.4. The topological polar surface area (TPSA) is 67.4 Å². The molecule has 2 amide bonds. The minimum Gasteiger partial charge on any atom is -0.481 e. The Labute approximate surface area is 148 Å². The molecule has 2 aromatic carbocycles. The molecule has 0 saturated carbocycles. The predicted octanol–water partition coefficient (Wildman–Crippen LogP) is 4.17. The molecule has 132 valence electrons. The van der Waals surface area contributed by atoms with Crippen molar-refractivity contribution in [1.29, 1.82) is 0 Å². The number of rotatable bonds is 6. The van der Waals surface area contributed by atoms with Crippen molar-refractivity contribution in [3.8, 4) is 5.75 Å². The molecule has 5 heteroatoms. The third kappa shape index (κ3) is 5.35. The van der Waals surface area contributed by atoms with E-state index in [0.717, 1.165) is 5.56 Å². The first-order chi connectivity index (χ1) is 11.9. The van der Waals surface area contributed by atoms with Crippen LogP contribution in [0.4, 0.5) is 11.4 Å². The van der Waals surface area contributed by atoms with Crippen LogP contribution < -0.4 is 15.4 Å². The summed E-state index contributed by atoms with van der Waals surface area (Å²) in [4.78, 5) is 23.5. The van der Waals surface area contributed by atoms with Crippen molar-refractivity contribution in [2.24, 2.45) is 0 Å². The van der Waals surface area contributed by atoms with Crippen molar-refractivity contribution < 1.29 is 14.3 Å². The number of carbonyl (C=O) groups excluding carboxylic acids is 2. The van der Waals surface area contributed by atoms with Crippen LogP contribution in [0, 0.1) is 0 Å². The maximum absolute atomic E-state index is 12.4. The summed E-state index contributed by atoms with van der Waals surface area (Å²) < 4.78 is 5.85. The molecule has 0 aromatic heterocycles. The van der Waals surface area contributed by atoms with Crippen LogP contribution in [-0.4, -0.2) is 17.9 Å². The molecule has 0 bridgehead atoms. The molecule has 5 nitrogen and oxygen atoms in total. The van der Waals surface area contributed by atoms with Crippen molar-refractivity contribution in [2.45, 2.75) is 39.7 Å². The number of benzene rings is 2. The van der Waals surface area contributed by atoms with E-state index in [2.05, 4.69) is 24.5 Å². The van der Waals surface area contributed by atoms with E-state index in [4.69, 9.17) is 4.74 Å². The van der Waals surface area contributed by atoms with E-state index >= 15 is 0 Å². The Morgan fingerprint density at radius 3 is 2.20 bits per heavy atom. The molecule has 25 heavy (non-hydrogen) atoms. The second-order valence-electron chi connectivity index (χ2n) is 6.20. The summed E-state index contributed by atoms with van der Waals surface area (Å²) in [5.74, 6) is 0.608. The van der Waals surface area contributed by atoms with Gasteiger partial charge < -0.3 is 15.4 Å². The Hall–Kier alpha value is -2.82. The van der Waals surface area contributed by atoms with Crippen LogP contribution in [0.3, 0.4) is 0 Å². The van der Waals surface area contributed by atoms with Gasteiger partial charge in [0, 0.05) is 18.3 Å². The Kier molecular flexibility index (Phi) is 6.17. The van der Waals surface area contributed by atoms with Gasteiger partial charge in [-0.2, -0.15) is 0 Å². The highest BCUT2D eigenvalue weighted by Gasteiger charge is 2.17. The number of carbonyl (C=O) groups is 2. The molecule has 0 spiro atoms. The zero-order valence-electron chi connectivity index (χ0n) is 15.0. The molecule has 0 fully saturated rings. The molecular weight excluding hydrogens is 316 g/mol. The van der Waals surface area contributed by atoms with Gasteiger partial charge in [0.25, 0.3) is 5.91 Å². The number of hydrogen-bond donors (Lipinski definition) is 2. The number of amides is 2. The van der Waals surface area contributed by atoms with Crippen molar-refractivity contribution in [1.82, 2.24) is 0 Å². The zero-order chi connectivity index (χ0) is 18.4. The molecule has 0 radical (unpaired) electrons. The van der Waals surface area contributed by atoms with Gasteiger partial charge >= 0.3 is 0 Å². The van der Waals surface area contributed by atoms with E-state index in [9.17, 15) is 9.59 Å². The molecule has 0 aliphatic rings. The van der Waals surface area contributed by atoms with E-state index in [1.54, 1.807) is 31.2 Å². The van der Waals surface area contributed by atoms with Crippen molar-refractivity contribution in [3.63, 3.8) is 0 Å². The first kappa shape index (κ1) is 18.5. The van der Waals surface area contributed by atoms with Crippen LogP contribution in [0.1, 0.15) is 39.2 Å².